The zero-order chi connectivity index (χ0) is 39.7. The van der Waals surface area contributed by atoms with E-state index in [0.717, 1.165) is 76.0 Å². The lowest BCUT2D eigenvalue weighted by Crippen LogP contribution is -2.30. The van der Waals surface area contributed by atoms with Gasteiger partial charge >= 0.3 is 17.9 Å². The zero-order valence-electron chi connectivity index (χ0n) is 36.8. The van der Waals surface area contributed by atoms with Crippen LogP contribution in [0.4, 0.5) is 0 Å². The van der Waals surface area contributed by atoms with Gasteiger partial charge in [0.25, 0.3) is 0 Å². The van der Waals surface area contributed by atoms with Crippen LogP contribution in [0.15, 0.2) is 0 Å². The highest BCUT2D eigenvalue weighted by Crippen LogP contribution is 2.17. The van der Waals surface area contributed by atoms with Crippen molar-refractivity contribution in [2.75, 3.05) is 13.2 Å². The highest BCUT2D eigenvalue weighted by Gasteiger charge is 2.19. The molecule has 0 N–H and O–H groups in total. The molecule has 1 atom stereocenters. The van der Waals surface area contributed by atoms with E-state index >= 15 is 0 Å². The lowest BCUT2D eigenvalue weighted by molar-refractivity contribution is -0.167. The number of hydrogen-bond acceptors (Lipinski definition) is 6. The normalized spacial score (nSPS) is 12.1. The Hall–Kier alpha value is -1.59. The second kappa shape index (κ2) is 41.1. The summed E-state index contributed by atoms with van der Waals surface area (Å²) in [7, 11) is 0. The Bertz CT molecular complexity index is 824. The number of ether oxygens (including phenoxy) is 3. The fourth-order valence-corrected chi connectivity index (χ4v) is 7.11. The second-order valence-corrected chi connectivity index (χ2v) is 17.3. The number of carbonyl (C=O) groups is 3. The van der Waals surface area contributed by atoms with E-state index in [4.69, 9.17) is 14.2 Å². The van der Waals surface area contributed by atoms with Crippen LogP contribution in [0, 0.1) is 11.8 Å². The first-order valence-corrected chi connectivity index (χ1v) is 23.7. The molecule has 0 spiro atoms. The van der Waals surface area contributed by atoms with Gasteiger partial charge in [0.1, 0.15) is 13.2 Å². The van der Waals surface area contributed by atoms with Crippen LogP contribution in [0.5, 0.6) is 0 Å². The first-order valence-electron chi connectivity index (χ1n) is 23.7. The first kappa shape index (κ1) is 52.4. The van der Waals surface area contributed by atoms with Crippen molar-refractivity contribution in [1.29, 1.82) is 0 Å². The summed E-state index contributed by atoms with van der Waals surface area (Å²) in [6.45, 7) is 11.3. The average Bonchev–Trinajstić information content (AvgIpc) is 3.14. The molecule has 6 nitrogen and oxygen atoms in total. The van der Waals surface area contributed by atoms with Crippen LogP contribution >= 0.6 is 0 Å². The van der Waals surface area contributed by atoms with Gasteiger partial charge in [-0.2, -0.15) is 0 Å². The minimum Gasteiger partial charge on any atom is -0.462 e. The molecule has 6 heteroatoms. The number of rotatable bonds is 42. The van der Waals surface area contributed by atoms with Crippen molar-refractivity contribution >= 4 is 17.9 Å². The van der Waals surface area contributed by atoms with Crippen LogP contribution in [0.1, 0.15) is 259 Å². The molecule has 320 valence electrons. The quantitative estimate of drug-likeness (QED) is 0.0350. The molecule has 0 radical (unpaired) electrons. The summed E-state index contributed by atoms with van der Waals surface area (Å²) < 4.78 is 16.6. The molecule has 0 aliphatic heterocycles. The molecular formula is C48H92O6. The number of hydrogen-bond donors (Lipinski definition) is 0. The molecule has 0 aromatic heterocycles. The molecule has 0 rings (SSSR count). The van der Waals surface area contributed by atoms with E-state index in [1.54, 1.807) is 0 Å². The molecule has 0 fully saturated rings. The van der Waals surface area contributed by atoms with E-state index in [-0.39, 0.29) is 31.1 Å². The fourth-order valence-electron chi connectivity index (χ4n) is 7.11. The molecule has 0 saturated carbocycles. The van der Waals surface area contributed by atoms with Gasteiger partial charge in [-0.25, -0.2) is 0 Å². The monoisotopic (exact) mass is 765 g/mol. The summed E-state index contributed by atoms with van der Waals surface area (Å²) in [4.78, 5) is 37.5. The molecule has 0 aliphatic rings. The molecule has 0 aliphatic carbocycles. The van der Waals surface area contributed by atoms with Crippen LogP contribution in [0.25, 0.3) is 0 Å². The lowest BCUT2D eigenvalue weighted by Gasteiger charge is -2.18. The zero-order valence-corrected chi connectivity index (χ0v) is 36.8. The van der Waals surface area contributed by atoms with Gasteiger partial charge in [-0.15, -0.1) is 0 Å². The summed E-state index contributed by atoms with van der Waals surface area (Å²) in [6.07, 6.45) is 39.8. The molecule has 0 aromatic rings. The number of carbonyl (C=O) groups excluding carboxylic acids is 3. The van der Waals surface area contributed by atoms with Crippen molar-refractivity contribution in [3.63, 3.8) is 0 Å². The van der Waals surface area contributed by atoms with Crippen LogP contribution < -0.4 is 0 Å². The first-order chi connectivity index (χ1) is 26.2. The van der Waals surface area contributed by atoms with Crippen molar-refractivity contribution < 1.29 is 28.6 Å². The highest BCUT2D eigenvalue weighted by atomic mass is 16.6. The average molecular weight is 765 g/mol. The van der Waals surface area contributed by atoms with Crippen molar-refractivity contribution in [3.05, 3.63) is 0 Å². The minimum atomic E-state index is -0.759. The Morgan fingerprint density at radius 1 is 0.352 bits per heavy atom. The molecule has 0 saturated heterocycles. The lowest BCUT2D eigenvalue weighted by atomic mass is 10.0. The van der Waals surface area contributed by atoms with Crippen LogP contribution in [0.3, 0.4) is 0 Å². The van der Waals surface area contributed by atoms with Crippen LogP contribution in [-0.2, 0) is 28.6 Å². The van der Waals surface area contributed by atoms with Crippen molar-refractivity contribution in [1.82, 2.24) is 0 Å². The predicted molar refractivity (Wildman–Crippen MR) is 229 cm³/mol. The van der Waals surface area contributed by atoms with Gasteiger partial charge in [0.15, 0.2) is 6.10 Å². The molecule has 54 heavy (non-hydrogen) atoms. The van der Waals surface area contributed by atoms with E-state index in [9.17, 15) is 14.4 Å². The van der Waals surface area contributed by atoms with Crippen LogP contribution in [-0.4, -0.2) is 37.2 Å². The summed E-state index contributed by atoms with van der Waals surface area (Å²) in [5.41, 5.74) is 0. The number of unbranched alkanes of at least 4 members (excludes halogenated alkanes) is 27. The Labute approximate surface area is 336 Å². The predicted octanol–water partition coefficient (Wildman–Crippen LogP) is 15.0. The maximum atomic E-state index is 12.7. The Balaban J connectivity index is 4.13. The van der Waals surface area contributed by atoms with Gasteiger partial charge in [0.2, 0.25) is 0 Å². The standard InChI is InChI=1S/C48H92O6/c1-6-7-8-26-33-38-46(49)52-41-45(54-48(51)40-35-30-25-21-17-16-19-23-28-32-37-44(4)5)42-53-47(50)39-34-29-24-20-15-13-11-9-10-12-14-18-22-27-31-36-43(2)3/h43-45H,6-42H2,1-5H3/t45-/m0/s1. The highest BCUT2D eigenvalue weighted by molar-refractivity contribution is 5.71. The molecule has 0 aromatic carbocycles. The van der Waals surface area contributed by atoms with Gasteiger partial charge in [0.05, 0.1) is 0 Å². The van der Waals surface area contributed by atoms with Gasteiger partial charge in [-0.05, 0) is 31.1 Å². The summed E-state index contributed by atoms with van der Waals surface area (Å²) >= 11 is 0. The Morgan fingerprint density at radius 2 is 0.611 bits per heavy atom. The Morgan fingerprint density at radius 3 is 0.907 bits per heavy atom. The van der Waals surface area contributed by atoms with Gasteiger partial charge < -0.3 is 14.2 Å². The van der Waals surface area contributed by atoms with E-state index in [0.29, 0.717) is 19.3 Å². The second-order valence-electron chi connectivity index (χ2n) is 17.3. The van der Waals surface area contributed by atoms with E-state index in [1.165, 1.54) is 141 Å². The number of esters is 3. The van der Waals surface area contributed by atoms with Gasteiger partial charge in [-0.3, -0.25) is 14.4 Å². The smallest absolute Gasteiger partial charge is 0.306 e. The molecular weight excluding hydrogens is 673 g/mol. The van der Waals surface area contributed by atoms with Crippen molar-refractivity contribution in [2.45, 2.75) is 265 Å². The van der Waals surface area contributed by atoms with Crippen LogP contribution in [0.2, 0.25) is 0 Å². The maximum absolute atomic E-state index is 12.7. The summed E-state index contributed by atoms with van der Waals surface area (Å²) in [6, 6.07) is 0. The largest absolute Gasteiger partial charge is 0.462 e. The third-order valence-electron chi connectivity index (χ3n) is 10.7. The summed E-state index contributed by atoms with van der Waals surface area (Å²) in [5.74, 6) is 0.797. The van der Waals surface area contributed by atoms with Gasteiger partial charge in [0, 0.05) is 19.3 Å². The molecule has 0 bridgehead atoms. The topological polar surface area (TPSA) is 78.9 Å². The Kier molecular flexibility index (Phi) is 39.8. The van der Waals surface area contributed by atoms with E-state index < -0.39 is 6.10 Å². The van der Waals surface area contributed by atoms with Crippen molar-refractivity contribution in [2.24, 2.45) is 11.8 Å². The molecule has 0 amide bonds. The van der Waals surface area contributed by atoms with Gasteiger partial charge in [-0.1, -0.05) is 221 Å². The fraction of sp³-hybridized carbons (Fsp3) is 0.938. The maximum Gasteiger partial charge on any atom is 0.306 e. The minimum absolute atomic E-state index is 0.0654. The third-order valence-corrected chi connectivity index (χ3v) is 10.7. The van der Waals surface area contributed by atoms with Crippen molar-refractivity contribution in [3.8, 4) is 0 Å². The molecule has 0 heterocycles. The van der Waals surface area contributed by atoms with E-state index in [1.807, 2.05) is 0 Å². The third kappa shape index (κ3) is 41.6. The molecule has 0 unspecified atom stereocenters. The summed E-state index contributed by atoms with van der Waals surface area (Å²) in [5, 5.41) is 0. The SMILES string of the molecule is CCCCCCCC(=O)OC[C@@H](COC(=O)CCCCCCCCCCCCCCCCCC(C)C)OC(=O)CCCCCCCCCCCCC(C)C. The van der Waals surface area contributed by atoms with E-state index in [2.05, 4.69) is 34.6 Å².